The second-order valence-corrected chi connectivity index (χ2v) is 8.49. The van der Waals surface area contributed by atoms with Gasteiger partial charge >= 0.3 is 6.03 Å². The molecule has 1 saturated carbocycles. The first kappa shape index (κ1) is 19.0. The lowest BCUT2D eigenvalue weighted by Gasteiger charge is -2.45. The van der Waals surface area contributed by atoms with Gasteiger partial charge in [-0.25, -0.2) is 4.79 Å². The number of piperazine rings is 1. The molecule has 7 nitrogen and oxygen atoms in total. The predicted molar refractivity (Wildman–Crippen MR) is 102 cm³/mol. The van der Waals surface area contributed by atoms with Crippen LogP contribution in [0.5, 0.6) is 0 Å². The summed E-state index contributed by atoms with van der Waals surface area (Å²) in [6, 6.07) is 0.620. The van der Waals surface area contributed by atoms with E-state index >= 15 is 0 Å². The zero-order valence-electron chi connectivity index (χ0n) is 16.5. The number of fused-ring (bicyclic) bond motifs is 1. The molecule has 4 rings (SSSR count). The Morgan fingerprint density at radius 3 is 2.22 bits per heavy atom. The number of morpholine rings is 1. The van der Waals surface area contributed by atoms with Gasteiger partial charge in [0.15, 0.2) is 0 Å². The quantitative estimate of drug-likeness (QED) is 0.725. The Labute approximate surface area is 162 Å². The molecule has 0 spiro atoms. The van der Waals surface area contributed by atoms with Crippen LogP contribution in [0.2, 0.25) is 0 Å². The lowest BCUT2D eigenvalue weighted by atomic mass is 9.78. The number of hydrogen-bond donors (Lipinski definition) is 0. The van der Waals surface area contributed by atoms with Crippen LogP contribution in [0.3, 0.4) is 0 Å². The fraction of sp³-hybridized carbons (Fsp3) is 0.900. The molecule has 4 aliphatic rings. The van der Waals surface area contributed by atoms with Gasteiger partial charge in [-0.05, 0) is 31.6 Å². The molecule has 4 fully saturated rings. The summed E-state index contributed by atoms with van der Waals surface area (Å²) in [6.07, 6.45) is 7.57. The number of ether oxygens (including phenoxy) is 1. The maximum absolute atomic E-state index is 13.0. The van der Waals surface area contributed by atoms with E-state index in [2.05, 4.69) is 9.80 Å². The second-order valence-electron chi connectivity index (χ2n) is 8.49. The SMILES string of the molecule is O=C(N1CCOCC1)N1CCN(CC(=O)N2CCCC3CCCCC32)CC1. The largest absolute Gasteiger partial charge is 0.378 e. The van der Waals surface area contributed by atoms with Gasteiger partial charge in [0.05, 0.1) is 19.8 Å². The van der Waals surface area contributed by atoms with Gasteiger partial charge < -0.3 is 19.4 Å². The molecule has 3 saturated heterocycles. The van der Waals surface area contributed by atoms with Crippen molar-refractivity contribution in [3.8, 4) is 0 Å². The fourth-order valence-corrected chi connectivity index (χ4v) is 5.27. The highest BCUT2D eigenvalue weighted by molar-refractivity contribution is 5.79. The van der Waals surface area contributed by atoms with Crippen molar-refractivity contribution in [1.29, 1.82) is 0 Å². The van der Waals surface area contributed by atoms with Crippen molar-refractivity contribution >= 4 is 11.9 Å². The van der Waals surface area contributed by atoms with Gasteiger partial charge in [0, 0.05) is 51.9 Å². The number of likely N-dealkylation sites (tertiary alicyclic amines) is 1. The minimum absolute atomic E-state index is 0.130. The van der Waals surface area contributed by atoms with Crippen molar-refractivity contribution in [3.63, 3.8) is 0 Å². The second kappa shape index (κ2) is 8.78. The summed E-state index contributed by atoms with van der Waals surface area (Å²) >= 11 is 0. The van der Waals surface area contributed by atoms with Crippen LogP contribution < -0.4 is 0 Å². The summed E-state index contributed by atoms with van der Waals surface area (Å²) in [5.74, 6) is 1.04. The van der Waals surface area contributed by atoms with Crippen LogP contribution in [0.25, 0.3) is 0 Å². The van der Waals surface area contributed by atoms with Gasteiger partial charge in [0.1, 0.15) is 0 Å². The van der Waals surface area contributed by atoms with Crippen LogP contribution in [0, 0.1) is 5.92 Å². The van der Waals surface area contributed by atoms with Crippen LogP contribution in [-0.4, -0.2) is 103 Å². The molecule has 2 atom stereocenters. The number of nitrogens with zero attached hydrogens (tertiary/aromatic N) is 4. The van der Waals surface area contributed by atoms with E-state index in [0.29, 0.717) is 44.8 Å². The topological polar surface area (TPSA) is 56.3 Å². The molecular formula is C20H34N4O3. The molecule has 0 radical (unpaired) electrons. The number of amides is 3. The van der Waals surface area contributed by atoms with Gasteiger partial charge in [0.2, 0.25) is 5.91 Å². The highest BCUT2D eigenvalue weighted by atomic mass is 16.5. The van der Waals surface area contributed by atoms with Crippen molar-refractivity contribution < 1.29 is 14.3 Å². The number of rotatable bonds is 2. The summed E-state index contributed by atoms with van der Waals surface area (Å²) in [5, 5.41) is 0. The molecule has 27 heavy (non-hydrogen) atoms. The third-order valence-corrected chi connectivity index (χ3v) is 6.85. The van der Waals surface area contributed by atoms with E-state index in [9.17, 15) is 9.59 Å². The van der Waals surface area contributed by atoms with E-state index in [1.807, 2.05) is 9.80 Å². The lowest BCUT2D eigenvalue weighted by Crippen LogP contribution is -2.57. The van der Waals surface area contributed by atoms with Crippen molar-refractivity contribution in [2.45, 2.75) is 44.6 Å². The van der Waals surface area contributed by atoms with Crippen molar-refractivity contribution in [3.05, 3.63) is 0 Å². The van der Waals surface area contributed by atoms with E-state index in [1.165, 1.54) is 32.1 Å². The molecule has 7 heteroatoms. The van der Waals surface area contributed by atoms with E-state index in [-0.39, 0.29) is 6.03 Å². The smallest absolute Gasteiger partial charge is 0.320 e. The van der Waals surface area contributed by atoms with Crippen molar-refractivity contribution in [1.82, 2.24) is 19.6 Å². The third-order valence-electron chi connectivity index (χ3n) is 6.85. The minimum atomic E-state index is 0.130. The highest BCUT2D eigenvalue weighted by Crippen LogP contribution is 2.35. The Bertz CT molecular complexity index is 527. The Balaban J connectivity index is 1.25. The molecule has 3 aliphatic heterocycles. The monoisotopic (exact) mass is 378 g/mol. The van der Waals surface area contributed by atoms with Crippen LogP contribution in [0.1, 0.15) is 38.5 Å². The molecule has 1 aliphatic carbocycles. The van der Waals surface area contributed by atoms with Gasteiger partial charge in [-0.3, -0.25) is 9.69 Å². The molecule has 3 heterocycles. The first-order valence-corrected chi connectivity index (χ1v) is 10.9. The summed E-state index contributed by atoms with van der Waals surface area (Å²) in [4.78, 5) is 33.8. The number of carbonyl (C=O) groups excluding carboxylic acids is 2. The molecule has 3 amide bonds. The van der Waals surface area contributed by atoms with E-state index < -0.39 is 0 Å². The van der Waals surface area contributed by atoms with Crippen LogP contribution in [0.4, 0.5) is 4.79 Å². The maximum atomic E-state index is 13.0. The fourth-order valence-electron chi connectivity index (χ4n) is 5.27. The van der Waals surface area contributed by atoms with Crippen LogP contribution in [0.15, 0.2) is 0 Å². The Morgan fingerprint density at radius 1 is 0.778 bits per heavy atom. The van der Waals surface area contributed by atoms with Gasteiger partial charge in [-0.2, -0.15) is 0 Å². The zero-order valence-corrected chi connectivity index (χ0v) is 16.5. The number of piperidine rings is 1. The Morgan fingerprint density at radius 2 is 1.44 bits per heavy atom. The Kier molecular flexibility index (Phi) is 6.18. The predicted octanol–water partition coefficient (Wildman–Crippen LogP) is 1.24. The van der Waals surface area contributed by atoms with Gasteiger partial charge in [-0.15, -0.1) is 0 Å². The van der Waals surface area contributed by atoms with Gasteiger partial charge in [-0.1, -0.05) is 12.8 Å². The lowest BCUT2D eigenvalue weighted by molar-refractivity contribution is -0.139. The molecule has 0 aromatic heterocycles. The van der Waals surface area contributed by atoms with Gasteiger partial charge in [0.25, 0.3) is 0 Å². The first-order chi connectivity index (χ1) is 13.2. The highest BCUT2D eigenvalue weighted by Gasteiger charge is 2.36. The molecule has 0 aromatic rings. The summed E-state index contributed by atoms with van der Waals surface area (Å²) in [6.45, 7) is 7.14. The van der Waals surface area contributed by atoms with Crippen LogP contribution in [-0.2, 0) is 9.53 Å². The van der Waals surface area contributed by atoms with Crippen molar-refractivity contribution in [2.75, 3.05) is 65.6 Å². The average molecular weight is 379 g/mol. The van der Waals surface area contributed by atoms with E-state index in [1.54, 1.807) is 0 Å². The standard InChI is InChI=1S/C20H34N4O3/c25-19(24-7-3-5-17-4-1-2-6-18(17)24)16-21-8-10-22(11-9-21)20(26)23-12-14-27-15-13-23/h17-18H,1-16H2. The first-order valence-electron chi connectivity index (χ1n) is 10.9. The molecule has 0 aromatic carbocycles. The zero-order chi connectivity index (χ0) is 18.6. The Hall–Kier alpha value is -1.34. The van der Waals surface area contributed by atoms with Crippen molar-refractivity contribution in [2.24, 2.45) is 5.92 Å². The van der Waals surface area contributed by atoms with E-state index in [0.717, 1.165) is 45.1 Å². The number of hydrogen-bond acceptors (Lipinski definition) is 4. The molecule has 152 valence electrons. The maximum Gasteiger partial charge on any atom is 0.320 e. The minimum Gasteiger partial charge on any atom is -0.378 e. The summed E-state index contributed by atoms with van der Waals surface area (Å²) in [5.41, 5.74) is 0. The molecular weight excluding hydrogens is 344 g/mol. The molecule has 0 bridgehead atoms. The average Bonchev–Trinajstić information content (AvgIpc) is 2.74. The van der Waals surface area contributed by atoms with Crippen LogP contribution >= 0.6 is 0 Å². The number of urea groups is 1. The van der Waals surface area contributed by atoms with E-state index in [4.69, 9.17) is 4.74 Å². The summed E-state index contributed by atoms with van der Waals surface area (Å²) < 4.78 is 5.33. The normalized spacial score (nSPS) is 30.1. The molecule has 0 N–H and O–H groups in total. The number of carbonyl (C=O) groups is 2. The third kappa shape index (κ3) is 4.40. The molecule has 2 unspecified atom stereocenters. The summed E-state index contributed by atoms with van der Waals surface area (Å²) in [7, 11) is 0.